The lowest BCUT2D eigenvalue weighted by atomic mass is 10.1. The highest BCUT2D eigenvalue weighted by atomic mass is 32.2. The number of nitrogens with one attached hydrogen (secondary N) is 2. The fraction of sp³-hybridized carbons (Fsp3) is 0.385. The number of hydrogen-bond acceptors (Lipinski definition) is 4. The molecule has 0 aliphatic rings. The number of imidazole rings is 1. The van der Waals surface area contributed by atoms with Crippen LogP contribution in [0, 0.1) is 5.82 Å². The molecule has 108 valence electrons. The van der Waals surface area contributed by atoms with Crippen LogP contribution in [0.5, 0.6) is 0 Å². The minimum absolute atomic E-state index is 0.0924. The molecule has 1 aromatic carbocycles. The van der Waals surface area contributed by atoms with Crippen LogP contribution in [0.3, 0.4) is 0 Å². The lowest BCUT2D eigenvalue weighted by molar-refractivity contribution is 0.0725. The first-order valence-corrected chi connectivity index (χ1v) is 7.44. The molecule has 1 amide bonds. The number of carbonyl (C=O) groups is 1. The molecule has 1 heterocycles. The Bertz CT molecular complexity index is 627. The predicted molar refractivity (Wildman–Crippen MR) is 77.4 cm³/mol. The number of aromatic amines is 1. The number of aromatic nitrogens is 2. The smallest absolute Gasteiger partial charge is 0.253 e. The molecule has 1 unspecified atom stereocenters. The summed E-state index contributed by atoms with van der Waals surface area (Å²) in [7, 11) is 0. The quantitative estimate of drug-likeness (QED) is 0.782. The minimum Gasteiger partial charge on any atom is -0.387 e. The Labute approximate surface area is 120 Å². The van der Waals surface area contributed by atoms with Crippen LogP contribution < -0.4 is 5.32 Å². The summed E-state index contributed by atoms with van der Waals surface area (Å²) in [4.78, 5) is 18.9. The van der Waals surface area contributed by atoms with Crippen molar-refractivity contribution in [2.75, 3.05) is 18.6 Å². The zero-order valence-corrected chi connectivity index (χ0v) is 12.1. The summed E-state index contributed by atoms with van der Waals surface area (Å²) in [6, 6.07) is 2.42. The van der Waals surface area contributed by atoms with Crippen molar-refractivity contribution in [1.29, 1.82) is 0 Å². The van der Waals surface area contributed by atoms with Crippen LogP contribution in [0.4, 0.5) is 4.39 Å². The van der Waals surface area contributed by atoms with Gasteiger partial charge in [0, 0.05) is 12.3 Å². The van der Waals surface area contributed by atoms with E-state index in [4.69, 9.17) is 0 Å². The summed E-state index contributed by atoms with van der Waals surface area (Å²) in [6.07, 6.45) is 3.28. The van der Waals surface area contributed by atoms with Crippen LogP contribution in [0.25, 0.3) is 11.0 Å². The van der Waals surface area contributed by atoms with E-state index in [1.165, 1.54) is 24.2 Å². The third kappa shape index (κ3) is 3.29. The Morgan fingerprint density at radius 3 is 3.05 bits per heavy atom. The SMILES string of the molecule is CSCC(C)(O)CNC(=O)c1cc(F)cc2[nH]cnc12. The van der Waals surface area contributed by atoms with Gasteiger partial charge in [0.1, 0.15) is 11.3 Å². The number of rotatable bonds is 5. The first-order chi connectivity index (χ1) is 9.43. The third-order valence-corrected chi connectivity index (χ3v) is 3.73. The highest BCUT2D eigenvalue weighted by molar-refractivity contribution is 7.98. The largest absolute Gasteiger partial charge is 0.387 e. The van der Waals surface area contributed by atoms with Gasteiger partial charge in [-0.1, -0.05) is 0 Å². The number of thioether (sulfide) groups is 1. The first kappa shape index (κ1) is 14.8. The van der Waals surface area contributed by atoms with Crippen molar-refractivity contribution >= 4 is 28.7 Å². The molecule has 3 N–H and O–H groups in total. The maximum atomic E-state index is 13.4. The second-order valence-electron chi connectivity index (χ2n) is 4.86. The lowest BCUT2D eigenvalue weighted by Crippen LogP contribution is -2.42. The van der Waals surface area contributed by atoms with Crippen molar-refractivity contribution in [2.24, 2.45) is 0 Å². The summed E-state index contributed by atoms with van der Waals surface area (Å²) in [5, 5.41) is 12.6. The summed E-state index contributed by atoms with van der Waals surface area (Å²) in [5.41, 5.74) is 0.0215. The molecular weight excluding hydrogens is 281 g/mol. The molecule has 0 aliphatic heterocycles. The number of benzene rings is 1. The molecule has 0 saturated heterocycles. The molecular formula is C13H16FN3O2S. The zero-order valence-electron chi connectivity index (χ0n) is 11.2. The number of nitrogens with zero attached hydrogens (tertiary/aromatic N) is 1. The number of H-pyrrole nitrogens is 1. The van der Waals surface area contributed by atoms with E-state index in [-0.39, 0.29) is 12.1 Å². The fourth-order valence-electron chi connectivity index (χ4n) is 1.92. The van der Waals surface area contributed by atoms with E-state index in [1.54, 1.807) is 6.92 Å². The standard InChI is InChI=1S/C13H16FN3O2S/c1-13(19,6-20-2)5-15-12(18)9-3-8(14)4-10-11(9)17-7-16-10/h3-4,7,19H,5-6H2,1-2H3,(H,15,18)(H,16,17). The minimum atomic E-state index is -1.01. The Kier molecular flexibility index (Phi) is 4.29. The number of carbonyl (C=O) groups excluding carboxylic acids is 1. The lowest BCUT2D eigenvalue weighted by Gasteiger charge is -2.22. The summed E-state index contributed by atoms with van der Waals surface area (Å²) < 4.78 is 13.4. The van der Waals surface area contributed by atoms with E-state index >= 15 is 0 Å². The molecule has 1 atom stereocenters. The molecule has 0 spiro atoms. The number of hydrogen-bond donors (Lipinski definition) is 3. The molecule has 1 aromatic heterocycles. The second kappa shape index (κ2) is 5.80. The van der Waals surface area contributed by atoms with Crippen molar-refractivity contribution in [3.63, 3.8) is 0 Å². The van der Waals surface area contributed by atoms with Crippen molar-refractivity contribution in [2.45, 2.75) is 12.5 Å². The van der Waals surface area contributed by atoms with Crippen molar-refractivity contribution < 1.29 is 14.3 Å². The number of aliphatic hydroxyl groups is 1. The van der Waals surface area contributed by atoms with E-state index in [0.29, 0.717) is 16.8 Å². The Hall–Kier alpha value is -1.60. The summed E-state index contributed by atoms with van der Waals surface area (Å²) in [6.45, 7) is 1.73. The van der Waals surface area contributed by atoms with E-state index in [9.17, 15) is 14.3 Å². The van der Waals surface area contributed by atoms with Crippen LogP contribution in [0.15, 0.2) is 18.5 Å². The zero-order chi connectivity index (χ0) is 14.8. The van der Waals surface area contributed by atoms with Crippen LogP contribution >= 0.6 is 11.8 Å². The van der Waals surface area contributed by atoms with E-state index < -0.39 is 17.3 Å². The average Bonchev–Trinajstić information content (AvgIpc) is 2.83. The first-order valence-electron chi connectivity index (χ1n) is 6.05. The average molecular weight is 297 g/mol. The molecule has 0 saturated carbocycles. The molecule has 0 radical (unpaired) electrons. The molecule has 0 fully saturated rings. The van der Waals surface area contributed by atoms with Gasteiger partial charge in [-0.3, -0.25) is 4.79 Å². The maximum Gasteiger partial charge on any atom is 0.253 e. The highest BCUT2D eigenvalue weighted by Crippen LogP contribution is 2.17. The van der Waals surface area contributed by atoms with Crippen molar-refractivity contribution in [3.05, 3.63) is 29.8 Å². The third-order valence-electron chi connectivity index (χ3n) is 2.82. The van der Waals surface area contributed by atoms with Crippen molar-refractivity contribution in [1.82, 2.24) is 15.3 Å². The highest BCUT2D eigenvalue weighted by Gasteiger charge is 2.22. The number of fused-ring (bicyclic) bond motifs is 1. The molecule has 0 bridgehead atoms. The van der Waals surface area contributed by atoms with Crippen LogP contribution in [-0.2, 0) is 0 Å². The molecule has 7 heteroatoms. The maximum absolute atomic E-state index is 13.4. The molecule has 20 heavy (non-hydrogen) atoms. The molecule has 2 rings (SSSR count). The number of halogens is 1. The van der Waals surface area contributed by atoms with Crippen LogP contribution in [-0.4, -0.2) is 45.1 Å². The summed E-state index contributed by atoms with van der Waals surface area (Å²) in [5.74, 6) is -0.473. The van der Waals surface area contributed by atoms with Gasteiger partial charge in [0.15, 0.2) is 0 Å². The van der Waals surface area contributed by atoms with E-state index in [1.807, 2.05) is 6.26 Å². The van der Waals surface area contributed by atoms with Crippen LogP contribution in [0.1, 0.15) is 17.3 Å². The molecule has 5 nitrogen and oxygen atoms in total. The molecule has 2 aromatic rings. The van der Waals surface area contributed by atoms with Gasteiger partial charge in [-0.2, -0.15) is 11.8 Å². The van der Waals surface area contributed by atoms with Crippen LogP contribution in [0.2, 0.25) is 0 Å². The molecule has 0 aliphatic carbocycles. The van der Waals surface area contributed by atoms with Crippen molar-refractivity contribution in [3.8, 4) is 0 Å². The predicted octanol–water partition coefficient (Wildman–Crippen LogP) is 1.55. The van der Waals surface area contributed by atoms with Gasteiger partial charge >= 0.3 is 0 Å². The van der Waals surface area contributed by atoms with Gasteiger partial charge < -0.3 is 15.4 Å². The second-order valence-corrected chi connectivity index (χ2v) is 5.73. The summed E-state index contributed by atoms with van der Waals surface area (Å²) >= 11 is 1.48. The van der Waals surface area contributed by atoms with Gasteiger partial charge in [0.05, 0.1) is 23.0 Å². The van der Waals surface area contributed by atoms with Gasteiger partial charge in [0.2, 0.25) is 0 Å². The van der Waals surface area contributed by atoms with Gasteiger partial charge in [-0.25, -0.2) is 9.37 Å². The van der Waals surface area contributed by atoms with Gasteiger partial charge in [0.25, 0.3) is 5.91 Å². The van der Waals surface area contributed by atoms with Gasteiger partial charge in [-0.05, 0) is 25.3 Å². The Balaban J connectivity index is 2.17. The Morgan fingerprint density at radius 1 is 1.60 bits per heavy atom. The fourth-order valence-corrected chi connectivity index (χ4v) is 2.64. The normalized spacial score (nSPS) is 14.2. The van der Waals surface area contributed by atoms with E-state index in [2.05, 4.69) is 15.3 Å². The van der Waals surface area contributed by atoms with E-state index in [0.717, 1.165) is 6.07 Å². The van der Waals surface area contributed by atoms with Gasteiger partial charge in [-0.15, -0.1) is 0 Å². The Morgan fingerprint density at radius 2 is 2.35 bits per heavy atom. The topological polar surface area (TPSA) is 78.0 Å². The number of amides is 1. The monoisotopic (exact) mass is 297 g/mol.